The molecule has 17 heteroatoms. The van der Waals surface area contributed by atoms with Crippen molar-refractivity contribution in [3.05, 3.63) is 6.42 Å². The van der Waals surface area contributed by atoms with Crippen LogP contribution in [0, 0.1) is 6.42 Å². The van der Waals surface area contributed by atoms with E-state index >= 15 is 0 Å². The molecule has 0 aliphatic heterocycles. The third-order valence-electron chi connectivity index (χ3n) is 3.95. The quantitative estimate of drug-likeness (QED) is 0.143. The molecule has 0 unspecified atom stereocenters. The van der Waals surface area contributed by atoms with Gasteiger partial charge in [-0.3, -0.25) is 0 Å². The number of alkyl halides is 17. The zero-order valence-corrected chi connectivity index (χ0v) is 41.8. The SMILES string of the molecule is CCCCC[CH]C(Br)(Br)C(Br)(Br)C(Br)(Br)C(Br)(Br)C(Br)(Br)C(Br)(Br)C(Br)(Br)C(Br)(Br)Br. The summed E-state index contributed by atoms with van der Waals surface area (Å²) in [5.74, 6) is 0. The minimum absolute atomic E-state index is 0.651. The summed E-state index contributed by atoms with van der Waals surface area (Å²) >= 11 is 64.9. The van der Waals surface area contributed by atoms with Gasteiger partial charge in [-0.1, -0.05) is 297 Å². The Morgan fingerprint density at radius 3 is 1.10 bits per heavy atom. The molecular weight excluding hydrogens is 1530 g/mol. The van der Waals surface area contributed by atoms with Crippen LogP contribution < -0.4 is 0 Å². The van der Waals surface area contributed by atoms with Crippen molar-refractivity contribution < 1.29 is 0 Å². The van der Waals surface area contributed by atoms with E-state index in [1.807, 2.05) is 0 Å². The summed E-state index contributed by atoms with van der Waals surface area (Å²) in [7, 11) is 0. The average molecular weight is 1540 g/mol. The van der Waals surface area contributed by atoms with E-state index in [1.165, 1.54) is 6.42 Å². The third kappa shape index (κ3) is 8.17. The molecule has 0 rings (SSSR count). The molecule has 0 aromatic carbocycles. The van der Waals surface area contributed by atoms with Gasteiger partial charge in [-0.2, -0.15) is 0 Å². The van der Waals surface area contributed by atoms with Crippen LogP contribution in [0.25, 0.3) is 0 Å². The van der Waals surface area contributed by atoms with Gasteiger partial charge in [0.1, 0.15) is 22.6 Å². The molecule has 0 nitrogen and oxygen atoms in total. The highest BCUT2D eigenvalue weighted by atomic mass is 80.0. The minimum atomic E-state index is -0.967. The molecule has 0 saturated carbocycles. The van der Waals surface area contributed by atoms with Gasteiger partial charge in [-0.05, 0) is 12.8 Å². The van der Waals surface area contributed by atoms with Gasteiger partial charge in [0.25, 0.3) is 0 Å². The lowest BCUT2D eigenvalue weighted by Gasteiger charge is -2.57. The first-order chi connectivity index (χ1) is 13.3. The van der Waals surface area contributed by atoms with Crippen molar-refractivity contribution >= 4 is 271 Å². The van der Waals surface area contributed by atoms with Crippen molar-refractivity contribution in [2.45, 2.75) is 57.4 Å². The van der Waals surface area contributed by atoms with Gasteiger partial charge in [0, 0.05) is 0 Å². The van der Waals surface area contributed by atoms with Crippen LogP contribution in [0.3, 0.4) is 0 Å². The zero-order chi connectivity index (χ0) is 25.5. The largest absolute Gasteiger partial charge is 0.162 e. The highest BCUT2D eigenvalue weighted by molar-refractivity contribution is 9.42. The van der Waals surface area contributed by atoms with Crippen LogP contribution in [-0.2, 0) is 0 Å². The standard InChI is InChI=1S/C14H12Br17/c1-2-3-4-5-6-7(15,16)8(17,18)9(19,20)10(21,22)11(23,24)12(25,26)13(27,28)14(29,30)31/h6H,2-5H2,1H3. The van der Waals surface area contributed by atoms with E-state index in [1.54, 1.807) is 0 Å². The molecule has 0 aliphatic carbocycles. The Labute approximate surface area is 327 Å². The summed E-state index contributed by atoms with van der Waals surface area (Å²) < 4.78 is -6.88. The first kappa shape index (κ1) is 39.2. The summed E-state index contributed by atoms with van der Waals surface area (Å²) in [6.45, 7) is 2.19. The summed E-state index contributed by atoms with van der Waals surface area (Å²) in [4.78, 5) is 0. The fraction of sp³-hybridized carbons (Fsp3) is 0.929. The number of hydrogen-bond donors (Lipinski definition) is 0. The van der Waals surface area contributed by atoms with E-state index in [4.69, 9.17) is 0 Å². The first-order valence-electron chi connectivity index (χ1n) is 7.87. The molecule has 0 amide bonds. The lowest BCUT2D eigenvalue weighted by molar-refractivity contribution is 0.583. The van der Waals surface area contributed by atoms with Crippen molar-refractivity contribution in [2.24, 2.45) is 0 Å². The Kier molecular flexibility index (Phi) is 17.8. The molecule has 31 heavy (non-hydrogen) atoms. The fourth-order valence-corrected chi connectivity index (χ4v) is 17.1. The van der Waals surface area contributed by atoms with Crippen molar-refractivity contribution in [3.8, 4) is 0 Å². The predicted molar refractivity (Wildman–Crippen MR) is 202 cm³/mol. The normalized spacial score (nSPS) is 16.1. The van der Waals surface area contributed by atoms with E-state index in [2.05, 4.69) is 284 Å². The van der Waals surface area contributed by atoms with Gasteiger partial charge in [-0.15, -0.1) is 0 Å². The van der Waals surface area contributed by atoms with Crippen molar-refractivity contribution in [1.29, 1.82) is 0 Å². The smallest absolute Gasteiger partial charge is 0.0698 e. The second kappa shape index (κ2) is 14.1. The van der Waals surface area contributed by atoms with E-state index in [-0.39, 0.29) is 0 Å². The maximum Gasteiger partial charge on any atom is 0.162 e. The maximum absolute atomic E-state index is 3.91. The third-order valence-corrected chi connectivity index (χ3v) is 37.9. The topological polar surface area (TPSA) is 0 Å². The minimum Gasteiger partial charge on any atom is -0.0698 e. The highest BCUT2D eigenvalue weighted by Crippen LogP contribution is 2.78. The summed E-state index contributed by atoms with van der Waals surface area (Å²) in [6, 6.07) is 0. The van der Waals surface area contributed by atoms with Crippen LogP contribution in [0.4, 0.5) is 0 Å². The van der Waals surface area contributed by atoms with Gasteiger partial charge < -0.3 is 0 Å². The van der Waals surface area contributed by atoms with E-state index in [9.17, 15) is 0 Å². The van der Waals surface area contributed by atoms with E-state index in [0.29, 0.717) is 0 Å². The molecule has 0 aromatic heterocycles. The lowest BCUT2D eigenvalue weighted by atomic mass is 10.0. The molecule has 0 aromatic rings. The molecule has 0 saturated heterocycles. The summed E-state index contributed by atoms with van der Waals surface area (Å²) in [5, 5.41) is 0. The van der Waals surface area contributed by atoms with E-state index in [0.717, 1.165) is 19.3 Å². The van der Waals surface area contributed by atoms with Crippen LogP contribution in [-0.4, -0.2) is 24.8 Å². The molecule has 0 spiro atoms. The second-order valence-electron chi connectivity index (χ2n) is 6.27. The Morgan fingerprint density at radius 1 is 0.452 bits per heavy atom. The molecule has 0 fully saturated rings. The molecule has 0 aliphatic rings. The Bertz CT molecular complexity index is 600. The number of hydrogen-bond acceptors (Lipinski definition) is 0. The summed E-state index contributed by atoms with van der Waals surface area (Å²) in [6.07, 6.45) is 6.54. The van der Waals surface area contributed by atoms with Crippen LogP contribution >= 0.6 is 271 Å². The first-order valence-corrected chi connectivity index (χ1v) is 21.3. The van der Waals surface area contributed by atoms with Crippen molar-refractivity contribution in [1.82, 2.24) is 0 Å². The Morgan fingerprint density at radius 2 is 0.774 bits per heavy atom. The average Bonchev–Trinajstić information content (AvgIpc) is 2.56. The van der Waals surface area contributed by atoms with Crippen LogP contribution in [0.5, 0.6) is 0 Å². The van der Waals surface area contributed by atoms with Crippen LogP contribution in [0.15, 0.2) is 0 Å². The van der Waals surface area contributed by atoms with Gasteiger partial charge in [-0.25, -0.2) is 0 Å². The van der Waals surface area contributed by atoms with Crippen LogP contribution in [0.2, 0.25) is 0 Å². The highest BCUT2D eigenvalue weighted by Gasteiger charge is 2.77. The maximum atomic E-state index is 3.91. The van der Waals surface area contributed by atoms with Crippen molar-refractivity contribution in [2.75, 3.05) is 0 Å². The van der Waals surface area contributed by atoms with Crippen molar-refractivity contribution in [3.63, 3.8) is 0 Å². The Balaban J connectivity index is 6.37. The molecular formula is C14H12Br17. The van der Waals surface area contributed by atoms with Gasteiger partial charge in [0.05, 0.1) is 0 Å². The fourth-order valence-electron chi connectivity index (χ4n) is 1.98. The van der Waals surface area contributed by atoms with Gasteiger partial charge >= 0.3 is 0 Å². The zero-order valence-electron chi connectivity index (χ0n) is 14.8. The van der Waals surface area contributed by atoms with E-state index < -0.39 is 24.8 Å². The van der Waals surface area contributed by atoms with Gasteiger partial charge in [0.2, 0.25) is 0 Å². The number of unbranched alkanes of at least 4 members (excludes halogenated alkanes) is 3. The second-order valence-corrected chi connectivity index (χ2v) is 37.3. The Hall–Kier alpha value is 8.16. The monoisotopic (exact) mass is 1520 g/mol. The molecule has 1 radical (unpaired) electrons. The molecule has 0 atom stereocenters. The molecule has 0 heterocycles. The summed E-state index contributed by atoms with van der Waals surface area (Å²) in [5.41, 5.74) is 0. The molecule has 0 bridgehead atoms. The lowest BCUT2D eigenvalue weighted by Crippen LogP contribution is -2.67. The predicted octanol–water partition coefficient (Wildman–Crippen LogP) is 15.0. The molecule has 187 valence electrons. The molecule has 0 N–H and O–H groups in total. The number of rotatable bonds is 11. The van der Waals surface area contributed by atoms with Gasteiger partial charge in [0.15, 0.2) is 2.14 Å². The van der Waals surface area contributed by atoms with Crippen LogP contribution in [0.1, 0.15) is 32.6 Å². The number of halogens is 17.